The van der Waals surface area contributed by atoms with Crippen molar-refractivity contribution in [2.45, 2.75) is 37.5 Å². The van der Waals surface area contributed by atoms with Crippen molar-refractivity contribution in [3.05, 3.63) is 24.4 Å². The smallest absolute Gasteiger partial charge is 0.213 e. The van der Waals surface area contributed by atoms with Crippen LogP contribution in [0.4, 0.5) is 0 Å². The first kappa shape index (κ1) is 8.24. The molecule has 14 heavy (non-hydrogen) atoms. The van der Waals surface area contributed by atoms with Crippen LogP contribution < -0.4 is 10.1 Å². The minimum Gasteiger partial charge on any atom is -0.473 e. The molecular formula is C11H14N2O. The number of ether oxygens (including phenoxy) is 1. The molecule has 1 N–H and O–H groups in total. The lowest BCUT2D eigenvalue weighted by molar-refractivity contribution is 0.164. The molecule has 2 aliphatic heterocycles. The first-order chi connectivity index (χ1) is 6.92. The first-order valence-corrected chi connectivity index (χ1v) is 5.25. The van der Waals surface area contributed by atoms with Crippen LogP contribution in [0.1, 0.15) is 19.3 Å². The molecule has 2 saturated heterocycles. The fourth-order valence-corrected chi connectivity index (χ4v) is 2.48. The van der Waals surface area contributed by atoms with E-state index in [2.05, 4.69) is 10.3 Å². The van der Waals surface area contributed by atoms with Crippen LogP contribution in [-0.2, 0) is 0 Å². The molecule has 1 aromatic rings. The molecule has 0 aromatic carbocycles. The lowest BCUT2D eigenvalue weighted by atomic mass is 9.98. The Morgan fingerprint density at radius 3 is 3.00 bits per heavy atom. The molecule has 2 fully saturated rings. The highest BCUT2D eigenvalue weighted by atomic mass is 16.5. The van der Waals surface area contributed by atoms with E-state index >= 15 is 0 Å². The highest BCUT2D eigenvalue weighted by Gasteiger charge is 2.40. The minimum absolute atomic E-state index is 0.337. The molecule has 0 radical (unpaired) electrons. The Kier molecular flexibility index (Phi) is 1.91. The average Bonchev–Trinajstić information content (AvgIpc) is 2.81. The number of aromatic nitrogens is 1. The van der Waals surface area contributed by atoms with Gasteiger partial charge < -0.3 is 10.1 Å². The van der Waals surface area contributed by atoms with Crippen LogP contribution in [0.25, 0.3) is 0 Å². The third-order valence-corrected chi connectivity index (χ3v) is 3.15. The fraction of sp³-hybridized carbons (Fsp3) is 0.545. The van der Waals surface area contributed by atoms with Gasteiger partial charge in [0.25, 0.3) is 0 Å². The molecule has 0 spiro atoms. The number of nitrogens with one attached hydrogen (secondary N) is 1. The Bertz CT molecular complexity index is 314. The van der Waals surface area contributed by atoms with Crippen LogP contribution in [0.2, 0.25) is 0 Å². The van der Waals surface area contributed by atoms with Crippen LogP contribution in [-0.4, -0.2) is 23.2 Å². The molecule has 2 aliphatic rings. The maximum Gasteiger partial charge on any atom is 0.213 e. The van der Waals surface area contributed by atoms with E-state index in [1.807, 2.05) is 18.2 Å². The predicted octanol–water partition coefficient (Wildman–Crippen LogP) is 1.35. The number of fused-ring (bicyclic) bond motifs is 2. The zero-order valence-corrected chi connectivity index (χ0v) is 8.02. The van der Waals surface area contributed by atoms with Gasteiger partial charge in [-0.2, -0.15) is 0 Å². The lowest BCUT2D eigenvalue weighted by Gasteiger charge is -2.20. The number of pyridine rings is 1. The first-order valence-electron chi connectivity index (χ1n) is 5.25. The van der Waals surface area contributed by atoms with Crippen LogP contribution in [0.15, 0.2) is 24.4 Å². The summed E-state index contributed by atoms with van der Waals surface area (Å²) in [5.74, 6) is 0.756. The van der Waals surface area contributed by atoms with E-state index < -0.39 is 0 Å². The second kappa shape index (κ2) is 3.24. The van der Waals surface area contributed by atoms with Crippen molar-refractivity contribution in [3.63, 3.8) is 0 Å². The number of hydrogen-bond acceptors (Lipinski definition) is 3. The second-order valence-electron chi connectivity index (χ2n) is 4.11. The molecule has 1 aromatic heterocycles. The largest absolute Gasteiger partial charge is 0.473 e. The van der Waals surface area contributed by atoms with Gasteiger partial charge in [-0.1, -0.05) is 6.07 Å². The van der Waals surface area contributed by atoms with Crippen LogP contribution in [0.3, 0.4) is 0 Å². The van der Waals surface area contributed by atoms with Crippen molar-refractivity contribution in [1.29, 1.82) is 0 Å². The van der Waals surface area contributed by atoms with Gasteiger partial charge >= 0.3 is 0 Å². The molecule has 74 valence electrons. The van der Waals surface area contributed by atoms with Crippen molar-refractivity contribution >= 4 is 0 Å². The minimum atomic E-state index is 0.337. The Hall–Kier alpha value is -1.09. The maximum absolute atomic E-state index is 5.84. The van der Waals surface area contributed by atoms with Gasteiger partial charge in [0, 0.05) is 30.8 Å². The van der Waals surface area contributed by atoms with E-state index in [4.69, 9.17) is 4.74 Å². The van der Waals surface area contributed by atoms with E-state index in [0.29, 0.717) is 18.2 Å². The van der Waals surface area contributed by atoms with E-state index in [1.165, 1.54) is 12.8 Å². The van der Waals surface area contributed by atoms with Gasteiger partial charge in [0.2, 0.25) is 5.88 Å². The van der Waals surface area contributed by atoms with Crippen molar-refractivity contribution in [3.8, 4) is 5.88 Å². The average molecular weight is 190 g/mol. The summed E-state index contributed by atoms with van der Waals surface area (Å²) in [5.41, 5.74) is 0. The lowest BCUT2D eigenvalue weighted by Crippen LogP contribution is -2.31. The number of rotatable bonds is 2. The molecule has 3 heteroatoms. The summed E-state index contributed by atoms with van der Waals surface area (Å²) in [6.07, 6.45) is 5.82. The fourth-order valence-electron chi connectivity index (χ4n) is 2.48. The SMILES string of the molecule is c1ccc(O[C@H]2C[C@@H]3CC[C@H]2N3)nc1. The molecule has 0 aliphatic carbocycles. The normalized spacial score (nSPS) is 34.7. The van der Waals surface area contributed by atoms with Crippen molar-refractivity contribution < 1.29 is 4.74 Å². The summed E-state index contributed by atoms with van der Waals surface area (Å²) in [4.78, 5) is 4.18. The molecule has 3 rings (SSSR count). The zero-order valence-electron chi connectivity index (χ0n) is 8.02. The Morgan fingerprint density at radius 2 is 2.36 bits per heavy atom. The maximum atomic E-state index is 5.84. The predicted molar refractivity (Wildman–Crippen MR) is 53.2 cm³/mol. The van der Waals surface area contributed by atoms with E-state index in [-0.39, 0.29) is 0 Å². The number of nitrogens with zero attached hydrogens (tertiary/aromatic N) is 1. The quantitative estimate of drug-likeness (QED) is 0.764. The monoisotopic (exact) mass is 190 g/mol. The zero-order chi connectivity index (χ0) is 9.38. The molecule has 0 amide bonds. The Balaban J connectivity index is 1.69. The third kappa shape index (κ3) is 1.38. The van der Waals surface area contributed by atoms with Gasteiger partial charge in [-0.3, -0.25) is 0 Å². The van der Waals surface area contributed by atoms with Crippen LogP contribution in [0.5, 0.6) is 5.88 Å². The molecule has 2 bridgehead atoms. The molecule has 3 heterocycles. The van der Waals surface area contributed by atoms with Crippen molar-refractivity contribution in [2.24, 2.45) is 0 Å². The molecule has 0 unspecified atom stereocenters. The van der Waals surface area contributed by atoms with Crippen LogP contribution in [0, 0.1) is 0 Å². The molecule has 3 nitrogen and oxygen atoms in total. The van der Waals surface area contributed by atoms with E-state index in [1.54, 1.807) is 6.20 Å². The Labute approximate surface area is 83.5 Å². The summed E-state index contributed by atoms with van der Waals surface area (Å²) < 4.78 is 5.84. The molecule has 3 atom stereocenters. The van der Waals surface area contributed by atoms with Gasteiger partial charge in [-0.15, -0.1) is 0 Å². The summed E-state index contributed by atoms with van der Waals surface area (Å²) in [6.45, 7) is 0. The molecule has 0 saturated carbocycles. The summed E-state index contributed by atoms with van der Waals surface area (Å²) in [7, 11) is 0. The van der Waals surface area contributed by atoms with Crippen molar-refractivity contribution in [2.75, 3.05) is 0 Å². The van der Waals surface area contributed by atoms with Gasteiger partial charge in [0.1, 0.15) is 6.10 Å². The highest BCUT2D eigenvalue weighted by molar-refractivity contribution is 5.11. The standard InChI is InChI=1S/C11H14N2O/c1-2-6-12-11(3-1)14-10-7-8-4-5-9(10)13-8/h1-3,6,8-10,13H,4-5,7H2/t8-,9+,10-/m0/s1. The number of hydrogen-bond donors (Lipinski definition) is 1. The van der Waals surface area contributed by atoms with E-state index in [9.17, 15) is 0 Å². The summed E-state index contributed by atoms with van der Waals surface area (Å²) >= 11 is 0. The second-order valence-corrected chi connectivity index (χ2v) is 4.11. The Morgan fingerprint density at radius 1 is 1.36 bits per heavy atom. The summed E-state index contributed by atoms with van der Waals surface area (Å²) in [5, 5.41) is 3.55. The van der Waals surface area contributed by atoms with Gasteiger partial charge in [0.15, 0.2) is 0 Å². The van der Waals surface area contributed by atoms with Crippen LogP contribution >= 0.6 is 0 Å². The molecular weight excluding hydrogens is 176 g/mol. The van der Waals surface area contributed by atoms with E-state index in [0.717, 1.165) is 12.3 Å². The summed E-state index contributed by atoms with van der Waals surface area (Å²) in [6, 6.07) is 7.04. The highest BCUT2D eigenvalue weighted by Crippen LogP contribution is 2.30. The third-order valence-electron chi connectivity index (χ3n) is 3.15. The van der Waals surface area contributed by atoms with Gasteiger partial charge in [0.05, 0.1) is 0 Å². The van der Waals surface area contributed by atoms with Crippen molar-refractivity contribution in [1.82, 2.24) is 10.3 Å². The topological polar surface area (TPSA) is 34.1 Å². The van der Waals surface area contributed by atoms with Gasteiger partial charge in [-0.05, 0) is 18.9 Å². The van der Waals surface area contributed by atoms with Gasteiger partial charge in [-0.25, -0.2) is 4.98 Å².